The molecule has 0 fully saturated rings. The molecule has 3 aromatic rings. The predicted octanol–water partition coefficient (Wildman–Crippen LogP) is 3.07. The van der Waals surface area contributed by atoms with Crippen LogP contribution in [0.15, 0.2) is 48.8 Å². The van der Waals surface area contributed by atoms with Crippen molar-refractivity contribution in [2.75, 3.05) is 13.6 Å². The van der Waals surface area contributed by atoms with Crippen molar-refractivity contribution in [2.45, 2.75) is 19.5 Å². The fourth-order valence-corrected chi connectivity index (χ4v) is 3.39. The molecule has 1 aliphatic rings. The maximum Gasteiger partial charge on any atom is 0.0489 e. The van der Waals surface area contributed by atoms with Crippen LogP contribution in [-0.4, -0.2) is 28.0 Å². The number of pyridine rings is 1. The second kappa shape index (κ2) is 5.01. The monoisotopic (exact) mass is 277 g/mol. The van der Waals surface area contributed by atoms with Gasteiger partial charge in [-0.2, -0.15) is 0 Å². The Bertz CT molecular complexity index is 774. The lowest BCUT2D eigenvalue weighted by Gasteiger charge is -2.24. The van der Waals surface area contributed by atoms with Gasteiger partial charge in [0.05, 0.1) is 0 Å². The van der Waals surface area contributed by atoms with Crippen molar-refractivity contribution in [1.29, 1.82) is 0 Å². The molecule has 3 heterocycles. The van der Waals surface area contributed by atoms with E-state index in [9.17, 15) is 0 Å². The maximum atomic E-state index is 4.12. The molecule has 3 heteroatoms. The Morgan fingerprint density at radius 3 is 2.76 bits per heavy atom. The highest BCUT2D eigenvalue weighted by atomic mass is 15.1. The van der Waals surface area contributed by atoms with Gasteiger partial charge in [0.15, 0.2) is 0 Å². The van der Waals surface area contributed by atoms with E-state index in [4.69, 9.17) is 0 Å². The van der Waals surface area contributed by atoms with Crippen molar-refractivity contribution >= 4 is 10.9 Å². The smallest absolute Gasteiger partial charge is 0.0489 e. The van der Waals surface area contributed by atoms with Gasteiger partial charge in [0.2, 0.25) is 0 Å². The zero-order valence-electron chi connectivity index (χ0n) is 12.3. The van der Waals surface area contributed by atoms with Gasteiger partial charge in [-0.25, -0.2) is 0 Å². The highest BCUT2D eigenvalue weighted by molar-refractivity contribution is 5.86. The van der Waals surface area contributed by atoms with Crippen LogP contribution >= 0.6 is 0 Å². The van der Waals surface area contributed by atoms with E-state index in [1.54, 1.807) is 0 Å². The van der Waals surface area contributed by atoms with E-state index in [-0.39, 0.29) is 0 Å². The zero-order valence-corrected chi connectivity index (χ0v) is 12.3. The number of likely N-dealkylation sites (N-methyl/N-ethyl adjacent to an activating group) is 1. The van der Waals surface area contributed by atoms with Gasteiger partial charge in [-0.05, 0) is 36.4 Å². The lowest BCUT2D eigenvalue weighted by molar-refractivity contribution is 0.310. The van der Waals surface area contributed by atoms with Crippen molar-refractivity contribution < 1.29 is 0 Å². The average molecular weight is 277 g/mol. The molecule has 2 aromatic heterocycles. The summed E-state index contributed by atoms with van der Waals surface area (Å²) in [6.45, 7) is 3.13. The average Bonchev–Trinajstić information content (AvgIpc) is 2.82. The Morgan fingerprint density at radius 1 is 1.10 bits per heavy atom. The van der Waals surface area contributed by atoms with Crippen LogP contribution in [0.2, 0.25) is 0 Å². The summed E-state index contributed by atoms with van der Waals surface area (Å²) in [6, 6.07) is 13.0. The van der Waals surface area contributed by atoms with Crippen LogP contribution in [-0.2, 0) is 19.5 Å². The van der Waals surface area contributed by atoms with E-state index in [0.717, 1.165) is 26.1 Å². The molecular formula is C18H19N3. The van der Waals surface area contributed by atoms with E-state index < -0.39 is 0 Å². The number of nitrogens with zero attached hydrogens (tertiary/aromatic N) is 3. The quantitative estimate of drug-likeness (QED) is 0.718. The summed E-state index contributed by atoms with van der Waals surface area (Å²) in [6.07, 6.45) is 4.88. The summed E-state index contributed by atoms with van der Waals surface area (Å²) in [4.78, 5) is 6.53. The van der Waals surface area contributed by atoms with Gasteiger partial charge >= 0.3 is 0 Å². The minimum absolute atomic E-state index is 0.933. The third kappa shape index (κ3) is 2.14. The van der Waals surface area contributed by atoms with Gasteiger partial charge in [0.1, 0.15) is 0 Å². The number of hydrogen-bond acceptors (Lipinski definition) is 2. The van der Waals surface area contributed by atoms with Crippen LogP contribution in [0, 0.1) is 0 Å². The molecule has 106 valence electrons. The molecule has 0 unspecified atom stereocenters. The molecule has 0 N–H and O–H groups in total. The lowest BCUT2D eigenvalue weighted by Crippen LogP contribution is -2.27. The summed E-state index contributed by atoms with van der Waals surface area (Å²) >= 11 is 0. The predicted molar refractivity (Wildman–Crippen MR) is 85.3 cm³/mol. The molecule has 0 saturated carbocycles. The lowest BCUT2D eigenvalue weighted by atomic mass is 10.1. The van der Waals surface area contributed by atoms with E-state index in [1.807, 2.05) is 12.4 Å². The van der Waals surface area contributed by atoms with Crippen molar-refractivity contribution in [3.63, 3.8) is 0 Å². The molecule has 21 heavy (non-hydrogen) atoms. The van der Waals surface area contributed by atoms with Crippen molar-refractivity contribution in [1.82, 2.24) is 14.5 Å². The van der Waals surface area contributed by atoms with E-state index in [2.05, 4.69) is 57.9 Å². The summed E-state index contributed by atoms with van der Waals surface area (Å²) in [5.74, 6) is 0. The Kier molecular flexibility index (Phi) is 3.00. The largest absolute Gasteiger partial charge is 0.340 e. The van der Waals surface area contributed by atoms with Crippen LogP contribution in [0.25, 0.3) is 10.9 Å². The van der Waals surface area contributed by atoms with Gasteiger partial charge in [0, 0.05) is 55.0 Å². The number of para-hydroxylation sites is 1. The summed E-state index contributed by atoms with van der Waals surface area (Å²) in [5.41, 5.74) is 5.68. The standard InChI is InChI=1S/C18H19N3/c1-20-11-8-18-16(13-20)15-4-2-3-5-17(15)21(18)12-14-6-9-19-10-7-14/h2-7,9-10H,8,11-13H2,1H3. The van der Waals surface area contributed by atoms with Crippen molar-refractivity contribution in [3.05, 3.63) is 65.6 Å². The van der Waals surface area contributed by atoms with E-state index >= 15 is 0 Å². The first kappa shape index (κ1) is 12.6. The number of hydrogen-bond donors (Lipinski definition) is 0. The van der Waals surface area contributed by atoms with Gasteiger partial charge in [-0.1, -0.05) is 18.2 Å². The highest BCUT2D eigenvalue weighted by Crippen LogP contribution is 2.31. The fourth-order valence-electron chi connectivity index (χ4n) is 3.39. The van der Waals surface area contributed by atoms with Crippen LogP contribution in [0.4, 0.5) is 0 Å². The molecule has 0 amide bonds. The minimum atomic E-state index is 0.933. The normalized spacial score (nSPS) is 15.3. The van der Waals surface area contributed by atoms with Crippen LogP contribution in [0.3, 0.4) is 0 Å². The molecule has 0 radical (unpaired) electrons. The zero-order chi connectivity index (χ0) is 14.2. The topological polar surface area (TPSA) is 21.1 Å². The first-order valence-corrected chi connectivity index (χ1v) is 7.49. The molecule has 1 aliphatic heterocycles. The Morgan fingerprint density at radius 2 is 1.90 bits per heavy atom. The number of fused-ring (bicyclic) bond motifs is 3. The second-order valence-corrected chi connectivity index (χ2v) is 5.87. The number of rotatable bonds is 2. The summed E-state index contributed by atoms with van der Waals surface area (Å²) in [7, 11) is 2.21. The Hall–Kier alpha value is -2.13. The molecule has 0 saturated heterocycles. The molecule has 1 aromatic carbocycles. The Balaban J connectivity index is 1.88. The molecular weight excluding hydrogens is 258 g/mol. The van der Waals surface area contributed by atoms with E-state index in [1.165, 1.54) is 27.7 Å². The first-order chi connectivity index (χ1) is 10.3. The third-order valence-electron chi connectivity index (χ3n) is 4.44. The van der Waals surface area contributed by atoms with Crippen molar-refractivity contribution in [3.8, 4) is 0 Å². The van der Waals surface area contributed by atoms with E-state index in [0.29, 0.717) is 0 Å². The number of benzene rings is 1. The molecule has 4 rings (SSSR count). The fraction of sp³-hybridized carbons (Fsp3) is 0.278. The first-order valence-electron chi connectivity index (χ1n) is 7.49. The van der Waals surface area contributed by atoms with Crippen LogP contribution in [0.1, 0.15) is 16.8 Å². The third-order valence-corrected chi connectivity index (χ3v) is 4.44. The molecule has 0 bridgehead atoms. The molecule has 0 atom stereocenters. The number of aromatic nitrogens is 2. The minimum Gasteiger partial charge on any atom is -0.340 e. The van der Waals surface area contributed by atoms with Gasteiger partial charge in [-0.15, -0.1) is 0 Å². The Labute approximate surface area is 124 Å². The van der Waals surface area contributed by atoms with Crippen LogP contribution in [0.5, 0.6) is 0 Å². The molecule has 0 aliphatic carbocycles. The highest BCUT2D eigenvalue weighted by Gasteiger charge is 2.21. The summed E-state index contributed by atoms with van der Waals surface area (Å²) in [5, 5.41) is 1.41. The van der Waals surface area contributed by atoms with Gasteiger partial charge < -0.3 is 9.47 Å². The van der Waals surface area contributed by atoms with Gasteiger partial charge in [0.25, 0.3) is 0 Å². The SMILES string of the molecule is CN1CCc2c(c3ccccc3n2Cc2ccncc2)C1. The van der Waals surface area contributed by atoms with Crippen molar-refractivity contribution in [2.24, 2.45) is 0 Å². The summed E-state index contributed by atoms with van der Waals surface area (Å²) < 4.78 is 2.49. The molecule has 0 spiro atoms. The second-order valence-electron chi connectivity index (χ2n) is 5.87. The molecule has 3 nitrogen and oxygen atoms in total. The maximum absolute atomic E-state index is 4.12. The van der Waals surface area contributed by atoms with Gasteiger partial charge in [-0.3, -0.25) is 4.98 Å². The van der Waals surface area contributed by atoms with Crippen LogP contribution < -0.4 is 0 Å².